The molecule has 0 aromatic carbocycles. The number of carbonyl (C=O) groups is 4. The van der Waals surface area contributed by atoms with E-state index in [-0.39, 0.29) is 29.8 Å². The summed E-state index contributed by atoms with van der Waals surface area (Å²) in [6.07, 6.45) is 3.19. The number of primary amides is 2. The standard InChI is InChI=1S/C13H28N6O3.C6H6N4O2/c1-13(2,3)22-11(21)9(15)7-19-10(20)8(14)5-4-6-18-12(16)17;7-5(11)3-1-9-4(2-10-3)6(8)12/h8-9H,4-7,14-15H2,1-3H3,(H,19,20)(H4,16,17,18);1-2H,(H2,7,11)(H2,8,12)/t8-,9?;/m0./s1. The molecule has 1 aromatic heterocycles. The lowest BCUT2D eigenvalue weighted by atomic mass is 10.1. The van der Waals surface area contributed by atoms with E-state index in [4.69, 9.17) is 39.1 Å². The van der Waals surface area contributed by atoms with Gasteiger partial charge in [0.2, 0.25) is 5.91 Å². The van der Waals surface area contributed by atoms with Crippen LogP contribution in [-0.2, 0) is 14.3 Å². The maximum atomic E-state index is 11.8. The Balaban J connectivity index is 0.000000757. The molecule has 0 aliphatic rings. The van der Waals surface area contributed by atoms with Crippen molar-refractivity contribution in [2.24, 2.45) is 39.4 Å². The molecule has 0 saturated heterocycles. The highest BCUT2D eigenvalue weighted by Crippen LogP contribution is 2.07. The molecule has 0 radical (unpaired) electrons. The van der Waals surface area contributed by atoms with Crippen molar-refractivity contribution in [3.8, 4) is 0 Å². The second-order valence-corrected chi connectivity index (χ2v) is 7.96. The lowest BCUT2D eigenvalue weighted by Gasteiger charge is -2.22. The highest BCUT2D eigenvalue weighted by atomic mass is 16.6. The molecule has 1 rings (SSSR count). The molecule has 15 nitrogen and oxygen atoms in total. The van der Waals surface area contributed by atoms with Crippen molar-refractivity contribution in [3.63, 3.8) is 0 Å². The van der Waals surface area contributed by atoms with Crippen molar-refractivity contribution < 1.29 is 23.9 Å². The van der Waals surface area contributed by atoms with E-state index in [0.29, 0.717) is 19.4 Å². The first kappa shape index (κ1) is 30.1. The van der Waals surface area contributed by atoms with Gasteiger partial charge in [-0.3, -0.25) is 24.2 Å². The molecule has 3 amide bonds. The molecular formula is C19H34N10O5. The molecule has 13 N–H and O–H groups in total. The zero-order chi connectivity index (χ0) is 26.5. The Bertz CT molecular complexity index is 830. The highest BCUT2D eigenvalue weighted by molar-refractivity contribution is 5.92. The first-order chi connectivity index (χ1) is 15.6. The van der Waals surface area contributed by atoms with Crippen LogP contribution in [-0.4, -0.2) is 70.4 Å². The van der Waals surface area contributed by atoms with Crippen LogP contribution < -0.4 is 39.7 Å². The molecule has 1 heterocycles. The van der Waals surface area contributed by atoms with Crippen LogP contribution in [0.1, 0.15) is 54.6 Å². The Morgan fingerprint density at radius 1 is 0.971 bits per heavy atom. The number of nitrogens with two attached hydrogens (primary N) is 6. The summed E-state index contributed by atoms with van der Waals surface area (Å²) < 4.78 is 5.11. The Labute approximate surface area is 197 Å². The lowest BCUT2D eigenvalue weighted by molar-refractivity contribution is -0.156. The smallest absolute Gasteiger partial charge is 0.325 e. The van der Waals surface area contributed by atoms with E-state index < -0.39 is 35.5 Å². The quantitative estimate of drug-likeness (QED) is 0.0755. The SMILES string of the molecule is CC(C)(C)OC(=O)C(N)CNC(=O)[C@@H](N)CCCN=C(N)N.NC(=O)c1cnc(C(N)=O)cn1. The molecule has 0 spiro atoms. The van der Waals surface area contributed by atoms with E-state index in [2.05, 4.69) is 20.3 Å². The van der Waals surface area contributed by atoms with Gasteiger partial charge in [-0.2, -0.15) is 0 Å². The third-order valence-corrected chi connectivity index (χ3v) is 3.67. The minimum atomic E-state index is -0.933. The minimum absolute atomic E-state index is 0.000000000000000222. The summed E-state index contributed by atoms with van der Waals surface area (Å²) in [7, 11) is 0. The second kappa shape index (κ2) is 14.3. The van der Waals surface area contributed by atoms with Crippen LogP contribution in [0.25, 0.3) is 0 Å². The van der Waals surface area contributed by atoms with E-state index in [1.54, 1.807) is 20.8 Å². The van der Waals surface area contributed by atoms with Gasteiger partial charge >= 0.3 is 5.97 Å². The van der Waals surface area contributed by atoms with E-state index >= 15 is 0 Å². The van der Waals surface area contributed by atoms with Crippen LogP contribution in [0.5, 0.6) is 0 Å². The van der Waals surface area contributed by atoms with E-state index in [0.717, 1.165) is 12.4 Å². The number of hydrogen-bond donors (Lipinski definition) is 7. The maximum absolute atomic E-state index is 11.8. The number of ether oxygens (including phenoxy) is 1. The van der Waals surface area contributed by atoms with Gasteiger partial charge in [-0.15, -0.1) is 0 Å². The topological polar surface area (TPSA) is 284 Å². The summed E-state index contributed by atoms with van der Waals surface area (Å²) >= 11 is 0. The molecule has 1 aromatic rings. The van der Waals surface area contributed by atoms with Crippen LogP contribution in [0.3, 0.4) is 0 Å². The number of rotatable bonds is 10. The zero-order valence-electron chi connectivity index (χ0n) is 19.5. The molecule has 0 aliphatic heterocycles. The summed E-state index contributed by atoms with van der Waals surface area (Å²) in [5.74, 6) is -2.35. The number of nitrogens with one attached hydrogen (secondary N) is 1. The number of amides is 3. The Kier molecular flexibility index (Phi) is 12.7. The van der Waals surface area contributed by atoms with Crippen LogP contribution in [0.4, 0.5) is 0 Å². The van der Waals surface area contributed by atoms with Crippen molar-refractivity contribution in [3.05, 3.63) is 23.8 Å². The summed E-state index contributed by atoms with van der Waals surface area (Å²) in [6, 6.07) is -1.64. The lowest BCUT2D eigenvalue weighted by Crippen LogP contribution is -2.49. The highest BCUT2D eigenvalue weighted by Gasteiger charge is 2.23. The number of esters is 1. The van der Waals surface area contributed by atoms with E-state index in [1.807, 2.05) is 0 Å². The number of aromatic nitrogens is 2. The van der Waals surface area contributed by atoms with Gasteiger partial charge in [0.25, 0.3) is 11.8 Å². The second-order valence-electron chi connectivity index (χ2n) is 7.96. The van der Waals surface area contributed by atoms with Crippen LogP contribution in [0, 0.1) is 0 Å². The van der Waals surface area contributed by atoms with Crippen molar-refractivity contribution in [2.45, 2.75) is 51.3 Å². The van der Waals surface area contributed by atoms with Gasteiger partial charge in [0.1, 0.15) is 23.0 Å². The van der Waals surface area contributed by atoms with Crippen LogP contribution in [0.15, 0.2) is 17.4 Å². The summed E-state index contributed by atoms with van der Waals surface area (Å²) in [5, 5.41) is 2.52. The Morgan fingerprint density at radius 2 is 1.47 bits per heavy atom. The molecule has 1 unspecified atom stereocenters. The zero-order valence-corrected chi connectivity index (χ0v) is 19.5. The van der Waals surface area contributed by atoms with Gasteiger partial charge in [-0.25, -0.2) is 9.97 Å². The fourth-order valence-corrected chi connectivity index (χ4v) is 2.04. The number of carbonyl (C=O) groups excluding carboxylic acids is 4. The fraction of sp³-hybridized carbons (Fsp3) is 0.526. The summed E-state index contributed by atoms with van der Waals surface area (Å²) in [5.41, 5.74) is 30.9. The van der Waals surface area contributed by atoms with Crippen molar-refractivity contribution in [2.75, 3.05) is 13.1 Å². The van der Waals surface area contributed by atoms with Gasteiger partial charge in [-0.05, 0) is 33.6 Å². The predicted octanol–water partition coefficient (Wildman–Crippen LogP) is -3.17. The molecule has 0 bridgehead atoms. The first-order valence-electron chi connectivity index (χ1n) is 10.1. The third kappa shape index (κ3) is 13.5. The largest absolute Gasteiger partial charge is 0.459 e. The Morgan fingerprint density at radius 3 is 1.85 bits per heavy atom. The van der Waals surface area contributed by atoms with Gasteiger partial charge in [0.05, 0.1) is 18.4 Å². The fourth-order valence-electron chi connectivity index (χ4n) is 2.04. The van der Waals surface area contributed by atoms with E-state index in [1.165, 1.54) is 0 Å². The van der Waals surface area contributed by atoms with Crippen LogP contribution >= 0.6 is 0 Å². The monoisotopic (exact) mass is 482 g/mol. The summed E-state index contributed by atoms with van der Waals surface area (Å²) in [4.78, 5) is 55.3. The normalized spacial score (nSPS) is 12.3. The molecule has 2 atom stereocenters. The molecule has 0 aliphatic carbocycles. The average Bonchev–Trinajstić information content (AvgIpc) is 2.73. The predicted molar refractivity (Wildman–Crippen MR) is 124 cm³/mol. The van der Waals surface area contributed by atoms with Crippen molar-refractivity contribution in [1.82, 2.24) is 15.3 Å². The molecule has 190 valence electrons. The van der Waals surface area contributed by atoms with E-state index in [9.17, 15) is 19.2 Å². The number of hydrogen-bond acceptors (Lipinski definition) is 10. The van der Waals surface area contributed by atoms with Gasteiger partial charge in [0, 0.05) is 13.1 Å². The van der Waals surface area contributed by atoms with Gasteiger partial charge in [0.15, 0.2) is 5.96 Å². The first-order valence-corrected chi connectivity index (χ1v) is 10.1. The number of nitrogens with zero attached hydrogens (tertiary/aromatic N) is 3. The molecule has 0 fully saturated rings. The molecule has 34 heavy (non-hydrogen) atoms. The molecule has 15 heteroatoms. The minimum Gasteiger partial charge on any atom is -0.459 e. The Hall–Kier alpha value is -3.85. The van der Waals surface area contributed by atoms with Gasteiger partial charge < -0.3 is 44.5 Å². The van der Waals surface area contributed by atoms with Gasteiger partial charge in [-0.1, -0.05) is 0 Å². The average molecular weight is 483 g/mol. The van der Waals surface area contributed by atoms with Crippen molar-refractivity contribution in [1.29, 1.82) is 0 Å². The number of aliphatic imine (C=N–C) groups is 1. The molecular weight excluding hydrogens is 448 g/mol. The molecule has 0 saturated carbocycles. The summed E-state index contributed by atoms with van der Waals surface area (Å²) in [6.45, 7) is 5.59. The van der Waals surface area contributed by atoms with Crippen LogP contribution in [0.2, 0.25) is 0 Å². The number of guanidine groups is 1. The van der Waals surface area contributed by atoms with Crippen molar-refractivity contribution >= 4 is 29.7 Å². The third-order valence-electron chi connectivity index (χ3n) is 3.67. The maximum Gasteiger partial charge on any atom is 0.325 e.